The highest BCUT2D eigenvalue weighted by Gasteiger charge is 2.68. The van der Waals surface area contributed by atoms with Gasteiger partial charge >= 0.3 is 5.97 Å². The SMILES string of the molecule is O=C(Cc1ccccc1)NC1C(=O)N2C(C(=O)OCc3ccccc3)C3(CCC3)S[C@@H]12. The van der Waals surface area contributed by atoms with Crippen molar-refractivity contribution in [3.8, 4) is 0 Å². The highest BCUT2D eigenvalue weighted by atomic mass is 32.2. The maximum atomic E-state index is 13.0. The van der Waals surface area contributed by atoms with Gasteiger partial charge in [0.25, 0.3) is 0 Å². The standard InChI is InChI=1S/C24H24N2O4S/c27-18(14-16-8-3-1-4-9-16)25-19-21(28)26-20(24(12-7-13-24)31-22(19)26)23(29)30-15-17-10-5-2-6-11-17/h1-6,8-11,19-20,22H,7,12-15H2,(H,25,27)/t19?,20?,22-/m0/s1. The van der Waals surface area contributed by atoms with Gasteiger partial charge in [-0.1, -0.05) is 67.1 Å². The predicted octanol–water partition coefficient (Wildman–Crippen LogP) is 2.66. The monoisotopic (exact) mass is 436 g/mol. The summed E-state index contributed by atoms with van der Waals surface area (Å²) in [6, 6.07) is 17.8. The van der Waals surface area contributed by atoms with E-state index >= 15 is 0 Å². The van der Waals surface area contributed by atoms with Crippen molar-refractivity contribution in [3.05, 3.63) is 71.8 Å². The van der Waals surface area contributed by atoms with E-state index in [-0.39, 0.29) is 40.9 Å². The Hall–Kier alpha value is -2.80. The number of carbonyl (C=O) groups is 3. The lowest BCUT2D eigenvalue weighted by Gasteiger charge is -2.45. The second-order valence-corrected chi connectivity index (χ2v) is 9.91. The van der Waals surface area contributed by atoms with Crippen LogP contribution in [0.5, 0.6) is 0 Å². The van der Waals surface area contributed by atoms with Crippen molar-refractivity contribution in [2.75, 3.05) is 0 Å². The van der Waals surface area contributed by atoms with Crippen LogP contribution in [-0.2, 0) is 32.1 Å². The van der Waals surface area contributed by atoms with Crippen LogP contribution in [0.1, 0.15) is 30.4 Å². The molecule has 2 aromatic carbocycles. The van der Waals surface area contributed by atoms with Gasteiger partial charge in [-0.15, -0.1) is 11.8 Å². The summed E-state index contributed by atoms with van der Waals surface area (Å²) in [5.74, 6) is -0.715. The topological polar surface area (TPSA) is 75.7 Å². The zero-order valence-corrected chi connectivity index (χ0v) is 17.8. The lowest BCUT2D eigenvalue weighted by molar-refractivity contribution is -0.166. The molecule has 5 rings (SSSR count). The zero-order valence-electron chi connectivity index (χ0n) is 17.0. The normalized spacial score (nSPS) is 25.4. The molecule has 2 amide bonds. The molecular weight excluding hydrogens is 412 g/mol. The van der Waals surface area contributed by atoms with Gasteiger partial charge in [-0.25, -0.2) is 4.79 Å². The van der Waals surface area contributed by atoms with Gasteiger partial charge in [0.15, 0.2) is 0 Å². The van der Waals surface area contributed by atoms with Crippen LogP contribution in [-0.4, -0.2) is 44.9 Å². The lowest BCUT2D eigenvalue weighted by atomic mass is 9.77. The first-order valence-corrected chi connectivity index (χ1v) is 11.5. The third-order valence-corrected chi connectivity index (χ3v) is 8.22. The summed E-state index contributed by atoms with van der Waals surface area (Å²) < 4.78 is 5.32. The molecule has 2 aliphatic heterocycles. The first kappa shape index (κ1) is 20.1. The summed E-state index contributed by atoms with van der Waals surface area (Å²) in [6.45, 7) is 0.195. The van der Waals surface area contributed by atoms with Gasteiger partial charge in [0.2, 0.25) is 11.8 Å². The Balaban J connectivity index is 1.25. The molecule has 7 heteroatoms. The van der Waals surface area contributed by atoms with Gasteiger partial charge in [0, 0.05) is 4.75 Å². The maximum absolute atomic E-state index is 13.0. The van der Waals surface area contributed by atoms with Crippen LogP contribution in [0.15, 0.2) is 60.7 Å². The summed E-state index contributed by atoms with van der Waals surface area (Å²) in [6.07, 6.45) is 3.03. The van der Waals surface area contributed by atoms with E-state index in [4.69, 9.17) is 4.74 Å². The van der Waals surface area contributed by atoms with Gasteiger partial charge in [0.05, 0.1) is 6.42 Å². The molecule has 3 aliphatic rings. The Labute approximate surface area is 185 Å². The van der Waals surface area contributed by atoms with E-state index in [0.29, 0.717) is 0 Å². The molecule has 2 saturated heterocycles. The van der Waals surface area contributed by atoms with Crippen molar-refractivity contribution in [2.24, 2.45) is 0 Å². The fourth-order valence-corrected chi connectivity index (χ4v) is 6.64. The molecule has 0 bridgehead atoms. The van der Waals surface area contributed by atoms with Crippen LogP contribution in [0.2, 0.25) is 0 Å². The number of thioether (sulfide) groups is 1. The Morgan fingerprint density at radius 3 is 2.29 bits per heavy atom. The molecule has 1 spiro atoms. The number of ether oxygens (including phenoxy) is 1. The van der Waals surface area contributed by atoms with Gasteiger partial charge in [-0.2, -0.15) is 0 Å². The molecule has 2 unspecified atom stereocenters. The fourth-order valence-electron chi connectivity index (χ4n) is 4.64. The van der Waals surface area contributed by atoms with E-state index in [2.05, 4.69) is 5.32 Å². The minimum atomic E-state index is -0.578. The lowest BCUT2D eigenvalue weighted by Crippen LogP contribution is -2.71. The van der Waals surface area contributed by atoms with Crippen molar-refractivity contribution < 1.29 is 19.1 Å². The highest BCUT2D eigenvalue weighted by molar-refractivity contribution is 8.01. The van der Waals surface area contributed by atoms with Gasteiger partial charge < -0.3 is 15.0 Å². The van der Waals surface area contributed by atoms with Crippen molar-refractivity contribution >= 4 is 29.5 Å². The molecule has 2 aromatic rings. The molecule has 1 aliphatic carbocycles. The molecule has 3 fully saturated rings. The maximum Gasteiger partial charge on any atom is 0.330 e. The van der Waals surface area contributed by atoms with Crippen LogP contribution >= 0.6 is 11.8 Å². The van der Waals surface area contributed by atoms with E-state index in [1.165, 1.54) is 0 Å². The van der Waals surface area contributed by atoms with E-state index in [1.807, 2.05) is 60.7 Å². The highest BCUT2D eigenvalue weighted by Crippen LogP contribution is 2.60. The number of β-lactam (4-membered cyclic amide) rings is 1. The van der Waals surface area contributed by atoms with Crippen LogP contribution in [0, 0.1) is 0 Å². The average Bonchev–Trinajstić information content (AvgIpc) is 3.10. The number of benzene rings is 2. The van der Waals surface area contributed by atoms with E-state index in [0.717, 1.165) is 30.4 Å². The molecule has 1 N–H and O–H groups in total. The number of fused-ring (bicyclic) bond motifs is 1. The summed E-state index contributed by atoms with van der Waals surface area (Å²) in [5, 5.41) is 2.68. The molecule has 2 heterocycles. The number of nitrogens with zero attached hydrogens (tertiary/aromatic N) is 1. The van der Waals surface area contributed by atoms with Crippen molar-refractivity contribution in [1.29, 1.82) is 0 Å². The molecule has 0 radical (unpaired) electrons. The third-order valence-electron chi connectivity index (χ3n) is 6.38. The van der Waals surface area contributed by atoms with Crippen LogP contribution in [0.25, 0.3) is 0 Å². The molecule has 31 heavy (non-hydrogen) atoms. The number of esters is 1. The number of hydrogen-bond donors (Lipinski definition) is 1. The first-order chi connectivity index (χ1) is 15.1. The van der Waals surface area contributed by atoms with E-state index in [1.54, 1.807) is 16.7 Å². The van der Waals surface area contributed by atoms with Gasteiger partial charge in [-0.3, -0.25) is 9.59 Å². The summed E-state index contributed by atoms with van der Waals surface area (Å²) in [5.41, 5.74) is 1.82. The fraction of sp³-hybridized carbons (Fsp3) is 0.375. The Kier molecular flexibility index (Phi) is 5.22. The van der Waals surface area contributed by atoms with Crippen molar-refractivity contribution in [2.45, 2.75) is 54.5 Å². The molecule has 160 valence electrons. The molecular formula is C24H24N2O4S. The smallest absolute Gasteiger partial charge is 0.330 e. The summed E-state index contributed by atoms with van der Waals surface area (Å²) in [7, 11) is 0. The zero-order chi connectivity index (χ0) is 21.4. The largest absolute Gasteiger partial charge is 0.459 e. The van der Waals surface area contributed by atoms with E-state index in [9.17, 15) is 14.4 Å². The van der Waals surface area contributed by atoms with Crippen LogP contribution in [0.3, 0.4) is 0 Å². The predicted molar refractivity (Wildman–Crippen MR) is 117 cm³/mol. The Morgan fingerprint density at radius 1 is 1.03 bits per heavy atom. The Bertz CT molecular complexity index is 993. The van der Waals surface area contributed by atoms with E-state index < -0.39 is 12.1 Å². The van der Waals surface area contributed by atoms with Crippen LogP contribution in [0.4, 0.5) is 0 Å². The molecule has 6 nitrogen and oxygen atoms in total. The second-order valence-electron chi connectivity index (χ2n) is 8.38. The quantitative estimate of drug-likeness (QED) is 0.557. The Morgan fingerprint density at radius 2 is 1.68 bits per heavy atom. The third kappa shape index (κ3) is 3.61. The molecule has 0 aromatic heterocycles. The number of rotatable bonds is 6. The minimum absolute atomic E-state index is 0.178. The number of nitrogens with one attached hydrogen (secondary N) is 1. The average molecular weight is 437 g/mol. The summed E-state index contributed by atoms with van der Waals surface area (Å²) in [4.78, 5) is 40.1. The van der Waals surface area contributed by atoms with Crippen molar-refractivity contribution in [3.63, 3.8) is 0 Å². The molecule has 1 saturated carbocycles. The number of carbonyl (C=O) groups excluding carboxylic acids is 3. The second kappa shape index (κ2) is 8.04. The van der Waals surface area contributed by atoms with Crippen LogP contribution < -0.4 is 5.32 Å². The summed E-state index contributed by atoms with van der Waals surface area (Å²) >= 11 is 1.66. The first-order valence-electron chi connectivity index (χ1n) is 10.6. The minimum Gasteiger partial charge on any atom is -0.459 e. The molecule has 3 atom stereocenters. The number of hydrogen-bond acceptors (Lipinski definition) is 5. The van der Waals surface area contributed by atoms with Gasteiger partial charge in [-0.05, 0) is 24.0 Å². The van der Waals surface area contributed by atoms with Gasteiger partial charge in [0.1, 0.15) is 24.1 Å². The van der Waals surface area contributed by atoms with Crippen molar-refractivity contribution in [1.82, 2.24) is 10.2 Å². The number of amides is 2.